The lowest BCUT2D eigenvalue weighted by atomic mass is 10.2. The standard InChI is InChI=1S/C11H14BrNS/c1-13-7-8-2-5-11(10(12)6-8)14-9-3-4-9/h2,5-6,9,13H,3-4,7H2,1H3. The second-order valence-corrected chi connectivity index (χ2v) is 5.81. The summed E-state index contributed by atoms with van der Waals surface area (Å²) in [5, 5.41) is 4.03. The summed E-state index contributed by atoms with van der Waals surface area (Å²) >= 11 is 5.62. The molecule has 0 bridgehead atoms. The lowest BCUT2D eigenvalue weighted by Crippen LogP contribution is -2.04. The van der Waals surface area contributed by atoms with Crippen LogP contribution in [0.2, 0.25) is 0 Å². The molecule has 0 spiro atoms. The summed E-state index contributed by atoms with van der Waals surface area (Å²) in [4.78, 5) is 1.38. The van der Waals surface area contributed by atoms with E-state index in [0.717, 1.165) is 11.8 Å². The molecule has 1 aliphatic rings. The summed E-state index contributed by atoms with van der Waals surface area (Å²) in [6.45, 7) is 0.937. The van der Waals surface area contributed by atoms with Crippen molar-refractivity contribution in [3.8, 4) is 0 Å². The van der Waals surface area contributed by atoms with Crippen molar-refractivity contribution in [2.75, 3.05) is 7.05 Å². The van der Waals surface area contributed by atoms with E-state index in [-0.39, 0.29) is 0 Å². The average molecular weight is 272 g/mol. The second kappa shape index (κ2) is 4.69. The highest BCUT2D eigenvalue weighted by atomic mass is 79.9. The lowest BCUT2D eigenvalue weighted by Gasteiger charge is -2.06. The van der Waals surface area contributed by atoms with E-state index >= 15 is 0 Å². The van der Waals surface area contributed by atoms with Gasteiger partial charge >= 0.3 is 0 Å². The minimum atomic E-state index is 0.876. The minimum Gasteiger partial charge on any atom is -0.316 e. The lowest BCUT2D eigenvalue weighted by molar-refractivity contribution is 0.816. The predicted octanol–water partition coefficient (Wildman–Crippen LogP) is 3.42. The van der Waals surface area contributed by atoms with Gasteiger partial charge in [-0.2, -0.15) is 0 Å². The molecule has 0 radical (unpaired) electrons. The zero-order valence-electron chi connectivity index (χ0n) is 8.22. The van der Waals surface area contributed by atoms with Crippen molar-refractivity contribution < 1.29 is 0 Å². The van der Waals surface area contributed by atoms with E-state index < -0.39 is 0 Å². The van der Waals surface area contributed by atoms with Crippen molar-refractivity contribution >= 4 is 27.7 Å². The fraction of sp³-hybridized carbons (Fsp3) is 0.455. The third-order valence-corrected chi connectivity index (χ3v) is 4.53. The molecule has 1 nitrogen and oxygen atoms in total. The summed E-state index contributed by atoms with van der Waals surface area (Å²) in [5.41, 5.74) is 1.33. The van der Waals surface area contributed by atoms with Gasteiger partial charge in [0.2, 0.25) is 0 Å². The molecule has 0 amide bonds. The van der Waals surface area contributed by atoms with Crippen molar-refractivity contribution in [3.63, 3.8) is 0 Å². The number of hydrogen-bond acceptors (Lipinski definition) is 2. The smallest absolute Gasteiger partial charge is 0.0314 e. The van der Waals surface area contributed by atoms with Crippen LogP contribution < -0.4 is 5.32 Å². The molecule has 0 unspecified atom stereocenters. The van der Waals surface area contributed by atoms with Gasteiger partial charge in [-0.05, 0) is 53.5 Å². The van der Waals surface area contributed by atoms with Crippen molar-refractivity contribution in [1.82, 2.24) is 5.32 Å². The van der Waals surface area contributed by atoms with E-state index in [1.807, 2.05) is 18.8 Å². The van der Waals surface area contributed by atoms with Gasteiger partial charge in [0.1, 0.15) is 0 Å². The molecule has 0 aromatic heterocycles. The summed E-state index contributed by atoms with van der Waals surface area (Å²) in [6.07, 6.45) is 2.77. The summed E-state index contributed by atoms with van der Waals surface area (Å²) in [7, 11) is 1.97. The van der Waals surface area contributed by atoms with Crippen LogP contribution in [0.4, 0.5) is 0 Å². The zero-order valence-corrected chi connectivity index (χ0v) is 10.6. The first-order valence-electron chi connectivity index (χ1n) is 4.89. The van der Waals surface area contributed by atoms with Gasteiger partial charge in [0.25, 0.3) is 0 Å². The van der Waals surface area contributed by atoms with Crippen molar-refractivity contribution in [1.29, 1.82) is 0 Å². The summed E-state index contributed by atoms with van der Waals surface area (Å²) < 4.78 is 1.24. The number of halogens is 1. The maximum atomic E-state index is 3.62. The van der Waals surface area contributed by atoms with Crippen molar-refractivity contribution in [2.24, 2.45) is 0 Å². The molecule has 1 saturated carbocycles. The van der Waals surface area contributed by atoms with Gasteiger partial charge < -0.3 is 5.32 Å². The zero-order chi connectivity index (χ0) is 9.97. The molecule has 2 rings (SSSR count). The molecule has 0 atom stereocenters. The maximum Gasteiger partial charge on any atom is 0.0314 e. The molecular weight excluding hydrogens is 258 g/mol. The van der Waals surface area contributed by atoms with Crippen LogP contribution in [0.3, 0.4) is 0 Å². The molecule has 1 aliphatic carbocycles. The second-order valence-electron chi connectivity index (χ2n) is 3.61. The molecule has 1 fully saturated rings. The highest BCUT2D eigenvalue weighted by molar-refractivity contribution is 9.10. The van der Waals surface area contributed by atoms with Gasteiger partial charge in [-0.25, -0.2) is 0 Å². The minimum absolute atomic E-state index is 0.876. The van der Waals surface area contributed by atoms with Crippen LogP contribution in [0.5, 0.6) is 0 Å². The van der Waals surface area contributed by atoms with Crippen LogP contribution in [0.25, 0.3) is 0 Å². The van der Waals surface area contributed by atoms with Crippen molar-refractivity contribution in [2.45, 2.75) is 29.5 Å². The molecule has 1 aromatic rings. The van der Waals surface area contributed by atoms with Gasteiger partial charge in [0.05, 0.1) is 0 Å². The monoisotopic (exact) mass is 271 g/mol. The first-order valence-corrected chi connectivity index (χ1v) is 6.56. The Kier molecular flexibility index (Phi) is 3.52. The van der Waals surface area contributed by atoms with Crippen LogP contribution in [-0.4, -0.2) is 12.3 Å². The molecule has 0 heterocycles. The number of nitrogens with one attached hydrogen (secondary N) is 1. The normalized spacial score (nSPS) is 15.9. The molecule has 1 aromatic carbocycles. The predicted molar refractivity (Wildman–Crippen MR) is 65.8 cm³/mol. The topological polar surface area (TPSA) is 12.0 Å². The molecule has 0 aliphatic heterocycles. The molecule has 3 heteroatoms. The Morgan fingerprint density at radius 1 is 1.50 bits per heavy atom. The summed E-state index contributed by atoms with van der Waals surface area (Å²) in [5.74, 6) is 0. The quantitative estimate of drug-likeness (QED) is 0.901. The Bertz CT molecular complexity index is 323. The molecule has 0 saturated heterocycles. The Balaban J connectivity index is 2.09. The third-order valence-electron chi connectivity index (χ3n) is 2.20. The van der Waals surface area contributed by atoms with Crippen LogP contribution in [0, 0.1) is 0 Å². The van der Waals surface area contributed by atoms with Crippen molar-refractivity contribution in [3.05, 3.63) is 28.2 Å². The van der Waals surface area contributed by atoms with Crippen LogP contribution in [0.15, 0.2) is 27.6 Å². The first-order chi connectivity index (χ1) is 6.79. The molecule has 76 valence electrons. The van der Waals surface area contributed by atoms with Gasteiger partial charge in [-0.1, -0.05) is 6.07 Å². The van der Waals surface area contributed by atoms with Gasteiger partial charge in [0.15, 0.2) is 0 Å². The molecule has 14 heavy (non-hydrogen) atoms. The van der Waals surface area contributed by atoms with E-state index in [2.05, 4.69) is 39.4 Å². The Morgan fingerprint density at radius 2 is 2.29 bits per heavy atom. The Morgan fingerprint density at radius 3 is 2.86 bits per heavy atom. The Hall–Kier alpha value is 0.01000. The number of rotatable bonds is 4. The first kappa shape index (κ1) is 10.5. The van der Waals surface area contributed by atoms with E-state index in [9.17, 15) is 0 Å². The number of hydrogen-bond donors (Lipinski definition) is 1. The van der Waals surface area contributed by atoms with E-state index in [4.69, 9.17) is 0 Å². The van der Waals surface area contributed by atoms with Gasteiger partial charge in [-0.3, -0.25) is 0 Å². The van der Waals surface area contributed by atoms with Gasteiger partial charge in [0, 0.05) is 21.2 Å². The molecule has 1 N–H and O–H groups in total. The third kappa shape index (κ3) is 2.75. The highest BCUT2D eigenvalue weighted by Crippen LogP contribution is 2.41. The number of thioether (sulfide) groups is 1. The van der Waals surface area contributed by atoms with Crippen LogP contribution in [0.1, 0.15) is 18.4 Å². The average Bonchev–Trinajstić information content (AvgIpc) is 2.94. The largest absolute Gasteiger partial charge is 0.316 e. The maximum absolute atomic E-state index is 3.62. The van der Waals surface area contributed by atoms with E-state index in [1.165, 1.54) is 27.8 Å². The SMILES string of the molecule is CNCc1ccc(SC2CC2)c(Br)c1. The fourth-order valence-corrected chi connectivity index (χ4v) is 3.08. The summed E-state index contributed by atoms with van der Waals surface area (Å²) in [6, 6.07) is 6.63. The fourth-order valence-electron chi connectivity index (χ4n) is 1.32. The number of benzene rings is 1. The Labute approximate surface area is 97.8 Å². The van der Waals surface area contributed by atoms with Crippen LogP contribution >= 0.6 is 27.7 Å². The van der Waals surface area contributed by atoms with E-state index in [1.54, 1.807) is 0 Å². The van der Waals surface area contributed by atoms with E-state index in [0.29, 0.717) is 0 Å². The molecular formula is C11H14BrNS. The van der Waals surface area contributed by atoms with Gasteiger partial charge in [-0.15, -0.1) is 11.8 Å². The highest BCUT2D eigenvalue weighted by Gasteiger charge is 2.23. The van der Waals surface area contributed by atoms with Crippen LogP contribution in [-0.2, 0) is 6.54 Å².